The molecule has 2 aliphatic heterocycles. The number of nitrogens with zero attached hydrogens (tertiary/aromatic N) is 3. The number of carbonyl (C=O) groups is 3. The number of carboxylic acids is 1. The molecule has 0 aliphatic carbocycles. The fourth-order valence-corrected chi connectivity index (χ4v) is 5.13. The zero-order valence-electron chi connectivity index (χ0n) is 21.5. The summed E-state index contributed by atoms with van der Waals surface area (Å²) in [6.07, 6.45) is 0.0362. The summed E-state index contributed by atoms with van der Waals surface area (Å²) in [4.78, 5) is 38.8. The van der Waals surface area contributed by atoms with E-state index in [0.29, 0.717) is 5.56 Å². The van der Waals surface area contributed by atoms with Gasteiger partial charge in [-0.2, -0.15) is 13.2 Å². The second kappa shape index (κ2) is 12.4. The highest BCUT2D eigenvalue weighted by Crippen LogP contribution is 2.38. The molecular formula is C26H33F3N4O5. The van der Waals surface area contributed by atoms with Gasteiger partial charge in [-0.25, -0.2) is 4.79 Å². The monoisotopic (exact) mass is 538 g/mol. The van der Waals surface area contributed by atoms with Crippen molar-refractivity contribution in [2.45, 2.75) is 64.2 Å². The van der Waals surface area contributed by atoms with Crippen LogP contribution in [-0.2, 0) is 16.1 Å². The van der Waals surface area contributed by atoms with Crippen LogP contribution in [0.4, 0.5) is 13.2 Å². The second-order valence-electron chi connectivity index (χ2n) is 9.66. The van der Waals surface area contributed by atoms with Crippen LogP contribution >= 0.6 is 0 Å². The average Bonchev–Trinajstić information content (AvgIpc) is 3.36. The number of alkyl halides is 3. The number of carbonyl (C=O) groups excluding carboxylic acids is 2. The summed E-state index contributed by atoms with van der Waals surface area (Å²) in [5.41, 5.74) is 2.64. The number of aryl methyl sites for hydroxylation is 2. The second-order valence-corrected chi connectivity index (χ2v) is 9.66. The molecule has 4 rings (SSSR count). The predicted molar refractivity (Wildman–Crippen MR) is 131 cm³/mol. The van der Waals surface area contributed by atoms with Gasteiger partial charge in [0.1, 0.15) is 5.76 Å². The standard InChI is InChI=1S/C24H32N4O3.C2HF3O2/c1-18-21(19(2)31-26-18)17-27-13-6-10-24(12-15-27)11-7-14-28(24)22(29)16-25-23(30)20-8-4-3-5-9-20;3-2(4,5)1(6)7/h3-5,8-9H,6-7,10-17H2,1-2H3,(H,25,30);(H,6,7). The van der Waals surface area contributed by atoms with Crippen molar-refractivity contribution in [1.29, 1.82) is 0 Å². The molecule has 208 valence electrons. The highest BCUT2D eigenvalue weighted by atomic mass is 19.4. The van der Waals surface area contributed by atoms with Crippen molar-refractivity contribution in [2.24, 2.45) is 0 Å². The Hall–Kier alpha value is -3.41. The van der Waals surface area contributed by atoms with Gasteiger partial charge in [-0.1, -0.05) is 23.4 Å². The third-order valence-electron chi connectivity index (χ3n) is 7.15. The Balaban J connectivity index is 0.000000505. The van der Waals surface area contributed by atoms with Gasteiger partial charge in [0, 0.05) is 36.3 Å². The number of hydrogen-bond acceptors (Lipinski definition) is 6. The highest BCUT2D eigenvalue weighted by Gasteiger charge is 2.44. The Morgan fingerprint density at radius 3 is 2.26 bits per heavy atom. The molecule has 12 heteroatoms. The average molecular weight is 539 g/mol. The molecule has 2 amide bonds. The van der Waals surface area contributed by atoms with Gasteiger partial charge in [-0.3, -0.25) is 14.5 Å². The van der Waals surface area contributed by atoms with Crippen LogP contribution in [0, 0.1) is 13.8 Å². The smallest absolute Gasteiger partial charge is 0.475 e. The van der Waals surface area contributed by atoms with Crippen molar-refractivity contribution in [3.63, 3.8) is 0 Å². The van der Waals surface area contributed by atoms with Crippen molar-refractivity contribution in [1.82, 2.24) is 20.3 Å². The largest absolute Gasteiger partial charge is 0.490 e. The molecule has 1 spiro atoms. The topological polar surface area (TPSA) is 116 Å². The minimum atomic E-state index is -5.08. The fourth-order valence-electron chi connectivity index (χ4n) is 5.13. The minimum Gasteiger partial charge on any atom is -0.475 e. The van der Waals surface area contributed by atoms with E-state index in [0.717, 1.165) is 69.7 Å². The normalized spacial score (nSPS) is 20.0. The molecular weight excluding hydrogens is 505 g/mol. The molecule has 1 unspecified atom stereocenters. The Morgan fingerprint density at radius 1 is 1.05 bits per heavy atom. The lowest BCUT2D eigenvalue weighted by Crippen LogP contribution is -2.51. The zero-order valence-corrected chi connectivity index (χ0v) is 21.5. The van der Waals surface area contributed by atoms with Crippen molar-refractivity contribution in [3.8, 4) is 0 Å². The van der Waals surface area contributed by atoms with E-state index < -0.39 is 12.1 Å². The third-order valence-corrected chi connectivity index (χ3v) is 7.15. The van der Waals surface area contributed by atoms with E-state index in [-0.39, 0.29) is 23.9 Å². The summed E-state index contributed by atoms with van der Waals surface area (Å²) in [5.74, 6) is -2.04. The van der Waals surface area contributed by atoms with E-state index in [1.54, 1.807) is 12.1 Å². The first-order chi connectivity index (χ1) is 17.9. The van der Waals surface area contributed by atoms with Crippen molar-refractivity contribution < 1.29 is 37.2 Å². The molecule has 3 heterocycles. The number of rotatable bonds is 5. The number of nitrogens with one attached hydrogen (secondary N) is 1. The molecule has 0 radical (unpaired) electrons. The molecule has 2 saturated heterocycles. The molecule has 38 heavy (non-hydrogen) atoms. The fraction of sp³-hybridized carbons (Fsp3) is 0.538. The van der Waals surface area contributed by atoms with Crippen molar-refractivity contribution >= 4 is 17.8 Å². The molecule has 2 N–H and O–H groups in total. The van der Waals surface area contributed by atoms with Crippen LogP contribution in [-0.4, -0.2) is 75.7 Å². The Morgan fingerprint density at radius 2 is 1.68 bits per heavy atom. The number of likely N-dealkylation sites (tertiary alicyclic amines) is 2. The maximum Gasteiger partial charge on any atom is 0.490 e. The van der Waals surface area contributed by atoms with Gasteiger partial charge in [0.15, 0.2) is 0 Å². The number of amides is 2. The van der Waals surface area contributed by atoms with Gasteiger partial charge in [0.25, 0.3) is 5.91 Å². The van der Waals surface area contributed by atoms with Gasteiger partial charge in [-0.15, -0.1) is 0 Å². The van der Waals surface area contributed by atoms with Gasteiger partial charge in [0.2, 0.25) is 5.91 Å². The summed E-state index contributed by atoms with van der Waals surface area (Å²) in [6.45, 7) is 7.60. The highest BCUT2D eigenvalue weighted by molar-refractivity contribution is 5.96. The molecule has 2 aliphatic rings. The van der Waals surface area contributed by atoms with Crippen LogP contribution < -0.4 is 5.32 Å². The predicted octanol–water partition coefficient (Wildman–Crippen LogP) is 3.70. The van der Waals surface area contributed by atoms with Crippen molar-refractivity contribution in [2.75, 3.05) is 26.2 Å². The number of aromatic nitrogens is 1. The third kappa shape index (κ3) is 7.33. The van der Waals surface area contributed by atoms with Gasteiger partial charge in [0.05, 0.1) is 12.2 Å². The summed E-state index contributed by atoms with van der Waals surface area (Å²) in [7, 11) is 0. The lowest BCUT2D eigenvalue weighted by Gasteiger charge is -2.38. The molecule has 2 fully saturated rings. The first-order valence-electron chi connectivity index (χ1n) is 12.5. The SMILES string of the molecule is Cc1noc(C)c1CN1CCCC2(CCCN2C(=O)CNC(=O)c2ccccc2)CC1.O=C(O)C(F)(F)F. The van der Waals surface area contributed by atoms with Gasteiger partial charge < -0.3 is 19.8 Å². The molecule has 1 atom stereocenters. The number of aliphatic carboxylic acids is 1. The maximum absolute atomic E-state index is 13.1. The van der Waals surface area contributed by atoms with E-state index in [9.17, 15) is 22.8 Å². The van der Waals surface area contributed by atoms with E-state index in [1.165, 1.54) is 5.56 Å². The number of hydrogen-bond donors (Lipinski definition) is 2. The Labute approximate surface area is 218 Å². The van der Waals surface area contributed by atoms with Crippen LogP contribution in [0.1, 0.15) is 59.5 Å². The summed E-state index contributed by atoms with van der Waals surface area (Å²) >= 11 is 0. The molecule has 0 bridgehead atoms. The first kappa shape index (κ1) is 29.2. The lowest BCUT2D eigenvalue weighted by atomic mass is 9.87. The molecule has 1 aromatic heterocycles. The van der Waals surface area contributed by atoms with Crippen LogP contribution in [0.2, 0.25) is 0 Å². The molecule has 0 saturated carbocycles. The molecule has 2 aromatic rings. The summed E-state index contributed by atoms with van der Waals surface area (Å²) in [5, 5.41) is 14.0. The van der Waals surface area contributed by atoms with Crippen LogP contribution in [0.25, 0.3) is 0 Å². The first-order valence-corrected chi connectivity index (χ1v) is 12.5. The van der Waals surface area contributed by atoms with E-state index in [1.807, 2.05) is 32.0 Å². The lowest BCUT2D eigenvalue weighted by molar-refractivity contribution is -0.192. The molecule has 1 aromatic carbocycles. The molecule has 9 nitrogen and oxygen atoms in total. The number of benzene rings is 1. The van der Waals surface area contributed by atoms with E-state index in [2.05, 4.69) is 20.3 Å². The van der Waals surface area contributed by atoms with Crippen LogP contribution in [0.5, 0.6) is 0 Å². The summed E-state index contributed by atoms with van der Waals surface area (Å²) < 4.78 is 37.1. The van der Waals surface area contributed by atoms with E-state index in [4.69, 9.17) is 14.4 Å². The summed E-state index contributed by atoms with van der Waals surface area (Å²) in [6, 6.07) is 9.04. The van der Waals surface area contributed by atoms with Crippen LogP contribution in [0.3, 0.4) is 0 Å². The van der Waals surface area contributed by atoms with Crippen LogP contribution in [0.15, 0.2) is 34.9 Å². The van der Waals surface area contributed by atoms with E-state index >= 15 is 0 Å². The van der Waals surface area contributed by atoms with Crippen molar-refractivity contribution in [3.05, 3.63) is 52.9 Å². The Bertz CT molecular complexity index is 1100. The number of carboxylic acid groups (broad SMARTS) is 1. The minimum absolute atomic E-state index is 0.0287. The van der Waals surface area contributed by atoms with Gasteiger partial charge in [-0.05, 0) is 64.6 Å². The number of halogens is 3. The zero-order chi connectivity index (χ0) is 27.9. The Kier molecular flexibility index (Phi) is 9.53. The quantitative estimate of drug-likeness (QED) is 0.596. The van der Waals surface area contributed by atoms with Gasteiger partial charge >= 0.3 is 12.1 Å². The maximum atomic E-state index is 13.1.